The second kappa shape index (κ2) is 5.01. The molecule has 0 radical (unpaired) electrons. The number of hydrogen-bond donors (Lipinski definition) is 2. The summed E-state index contributed by atoms with van der Waals surface area (Å²) in [4.78, 5) is 13.3. The monoisotopic (exact) mass is 258 g/mol. The zero-order chi connectivity index (χ0) is 13.2. The van der Waals surface area contributed by atoms with Crippen LogP contribution in [-0.2, 0) is 11.3 Å². The van der Waals surface area contributed by atoms with Gasteiger partial charge in [0.2, 0.25) is 5.91 Å². The van der Waals surface area contributed by atoms with Crippen LogP contribution in [-0.4, -0.2) is 34.1 Å². The minimum atomic E-state index is -0.189. The quantitative estimate of drug-likeness (QED) is 0.867. The van der Waals surface area contributed by atoms with E-state index >= 15 is 0 Å². The molecule has 2 heterocycles. The number of H-pyrrole nitrogens is 1. The van der Waals surface area contributed by atoms with Gasteiger partial charge in [-0.25, -0.2) is 0 Å². The standard InChI is InChI=1S/C14H18N4O/c15-14(19)6-11-3-4-18(9-11)8-10-1-2-12-7-16-17-13(12)5-10/h1-2,5,7,11H,3-4,6,8-9H2,(H2,15,19)(H,16,17). The Morgan fingerprint density at radius 1 is 1.53 bits per heavy atom. The van der Waals surface area contributed by atoms with Gasteiger partial charge in [-0.2, -0.15) is 5.10 Å². The lowest BCUT2D eigenvalue weighted by atomic mass is 10.1. The zero-order valence-electron chi connectivity index (χ0n) is 10.8. The van der Waals surface area contributed by atoms with Gasteiger partial charge in [0.25, 0.3) is 0 Å². The molecule has 19 heavy (non-hydrogen) atoms. The average molecular weight is 258 g/mol. The fourth-order valence-electron chi connectivity index (χ4n) is 2.85. The molecule has 1 aromatic heterocycles. The molecule has 2 aromatic rings. The van der Waals surface area contributed by atoms with Crippen molar-refractivity contribution in [3.63, 3.8) is 0 Å². The van der Waals surface area contributed by atoms with Gasteiger partial charge >= 0.3 is 0 Å². The highest BCUT2D eigenvalue weighted by atomic mass is 16.1. The van der Waals surface area contributed by atoms with Crippen molar-refractivity contribution in [2.75, 3.05) is 13.1 Å². The van der Waals surface area contributed by atoms with Crippen LogP contribution in [0.15, 0.2) is 24.4 Å². The lowest BCUT2D eigenvalue weighted by Crippen LogP contribution is -2.22. The fraction of sp³-hybridized carbons (Fsp3) is 0.429. The largest absolute Gasteiger partial charge is 0.370 e. The Hall–Kier alpha value is -1.88. The van der Waals surface area contributed by atoms with E-state index in [1.54, 1.807) is 0 Å². The predicted molar refractivity (Wildman–Crippen MR) is 73.3 cm³/mol. The molecule has 3 N–H and O–H groups in total. The van der Waals surface area contributed by atoms with E-state index in [0.717, 1.165) is 37.0 Å². The second-order valence-corrected chi connectivity index (χ2v) is 5.35. The molecule has 1 atom stereocenters. The number of carbonyl (C=O) groups excluding carboxylic acids is 1. The molecule has 1 aliphatic rings. The third-order valence-electron chi connectivity index (χ3n) is 3.77. The summed E-state index contributed by atoms with van der Waals surface area (Å²) < 4.78 is 0. The Morgan fingerprint density at radius 2 is 2.42 bits per heavy atom. The summed E-state index contributed by atoms with van der Waals surface area (Å²) in [6.45, 7) is 2.92. The van der Waals surface area contributed by atoms with Gasteiger partial charge in [-0.15, -0.1) is 0 Å². The SMILES string of the molecule is NC(=O)CC1CCN(Cc2ccc3cn[nH]c3c2)C1. The molecule has 1 fully saturated rings. The van der Waals surface area contributed by atoms with Crippen molar-refractivity contribution in [3.05, 3.63) is 30.0 Å². The molecule has 0 bridgehead atoms. The van der Waals surface area contributed by atoms with Crippen LogP contribution in [0, 0.1) is 5.92 Å². The highest BCUT2D eigenvalue weighted by Gasteiger charge is 2.23. The number of carbonyl (C=O) groups is 1. The number of hydrogen-bond acceptors (Lipinski definition) is 3. The van der Waals surface area contributed by atoms with Crippen molar-refractivity contribution in [1.29, 1.82) is 0 Å². The number of nitrogens with zero attached hydrogens (tertiary/aromatic N) is 2. The molecule has 1 unspecified atom stereocenters. The van der Waals surface area contributed by atoms with Crippen molar-refractivity contribution < 1.29 is 4.79 Å². The van der Waals surface area contributed by atoms with Crippen LogP contribution < -0.4 is 5.73 Å². The van der Waals surface area contributed by atoms with Gasteiger partial charge in [0.05, 0.1) is 11.7 Å². The highest BCUT2D eigenvalue weighted by molar-refractivity contribution is 5.78. The second-order valence-electron chi connectivity index (χ2n) is 5.35. The van der Waals surface area contributed by atoms with Gasteiger partial charge in [-0.05, 0) is 30.5 Å². The van der Waals surface area contributed by atoms with Crippen molar-refractivity contribution >= 4 is 16.8 Å². The summed E-state index contributed by atoms with van der Waals surface area (Å²) in [5.74, 6) is 0.235. The van der Waals surface area contributed by atoms with Gasteiger partial charge in [0.15, 0.2) is 0 Å². The van der Waals surface area contributed by atoms with Crippen molar-refractivity contribution in [2.24, 2.45) is 11.7 Å². The van der Waals surface area contributed by atoms with Gasteiger partial charge in [-0.1, -0.05) is 12.1 Å². The summed E-state index contributed by atoms with van der Waals surface area (Å²) in [6, 6.07) is 6.37. The number of benzene rings is 1. The summed E-state index contributed by atoms with van der Waals surface area (Å²) in [5.41, 5.74) is 7.60. The number of amides is 1. The maximum Gasteiger partial charge on any atom is 0.217 e. The third-order valence-corrected chi connectivity index (χ3v) is 3.77. The molecule has 0 spiro atoms. The molecular weight excluding hydrogens is 240 g/mol. The maximum absolute atomic E-state index is 10.9. The van der Waals surface area contributed by atoms with E-state index in [-0.39, 0.29) is 5.91 Å². The molecule has 1 amide bonds. The van der Waals surface area contributed by atoms with Gasteiger partial charge < -0.3 is 5.73 Å². The first kappa shape index (κ1) is 12.2. The number of likely N-dealkylation sites (tertiary alicyclic amines) is 1. The van der Waals surface area contributed by atoms with Gasteiger partial charge in [-0.3, -0.25) is 14.8 Å². The molecular formula is C14H18N4O. The Labute approximate surface area is 111 Å². The van der Waals surface area contributed by atoms with Crippen molar-refractivity contribution in [1.82, 2.24) is 15.1 Å². The van der Waals surface area contributed by atoms with E-state index in [4.69, 9.17) is 5.73 Å². The van der Waals surface area contributed by atoms with Crippen LogP contribution in [0.1, 0.15) is 18.4 Å². The van der Waals surface area contributed by atoms with E-state index in [1.165, 1.54) is 5.56 Å². The molecule has 0 aliphatic carbocycles. The first-order chi connectivity index (χ1) is 9.20. The number of primary amides is 1. The summed E-state index contributed by atoms with van der Waals surface area (Å²) >= 11 is 0. The normalized spacial score (nSPS) is 20.1. The molecule has 5 nitrogen and oxygen atoms in total. The number of aromatic nitrogens is 2. The molecule has 3 rings (SSSR count). The summed E-state index contributed by atoms with van der Waals surface area (Å²) in [7, 11) is 0. The maximum atomic E-state index is 10.9. The summed E-state index contributed by atoms with van der Waals surface area (Å²) in [5, 5.41) is 8.15. The molecule has 1 aromatic carbocycles. The van der Waals surface area contributed by atoms with Crippen molar-refractivity contribution in [2.45, 2.75) is 19.4 Å². The van der Waals surface area contributed by atoms with E-state index in [0.29, 0.717) is 12.3 Å². The number of nitrogens with one attached hydrogen (secondary N) is 1. The minimum Gasteiger partial charge on any atom is -0.370 e. The van der Waals surface area contributed by atoms with Crippen LogP contribution in [0.2, 0.25) is 0 Å². The highest BCUT2D eigenvalue weighted by Crippen LogP contribution is 2.22. The summed E-state index contributed by atoms with van der Waals surface area (Å²) in [6.07, 6.45) is 3.41. The number of fused-ring (bicyclic) bond motifs is 1. The molecule has 1 saturated heterocycles. The molecule has 5 heteroatoms. The van der Waals surface area contributed by atoms with Gasteiger partial charge in [0, 0.05) is 24.9 Å². The Bertz CT molecular complexity index is 592. The minimum absolute atomic E-state index is 0.189. The van der Waals surface area contributed by atoms with Crippen LogP contribution in [0.4, 0.5) is 0 Å². The average Bonchev–Trinajstić information content (AvgIpc) is 2.97. The van der Waals surface area contributed by atoms with E-state index in [2.05, 4.69) is 33.3 Å². The fourth-order valence-corrected chi connectivity index (χ4v) is 2.85. The molecule has 0 saturated carbocycles. The van der Waals surface area contributed by atoms with Crippen molar-refractivity contribution in [3.8, 4) is 0 Å². The number of nitrogens with two attached hydrogens (primary N) is 1. The van der Waals surface area contributed by atoms with Gasteiger partial charge in [0.1, 0.15) is 0 Å². The molecule has 1 aliphatic heterocycles. The molecule has 100 valence electrons. The van der Waals surface area contributed by atoms with E-state index in [9.17, 15) is 4.79 Å². The van der Waals surface area contributed by atoms with Crippen LogP contribution >= 0.6 is 0 Å². The smallest absolute Gasteiger partial charge is 0.217 e. The number of aromatic amines is 1. The lowest BCUT2D eigenvalue weighted by molar-refractivity contribution is -0.118. The lowest BCUT2D eigenvalue weighted by Gasteiger charge is -2.15. The Morgan fingerprint density at radius 3 is 3.26 bits per heavy atom. The first-order valence-corrected chi connectivity index (χ1v) is 6.63. The number of rotatable bonds is 4. The van der Waals surface area contributed by atoms with Crippen LogP contribution in [0.25, 0.3) is 10.9 Å². The first-order valence-electron chi connectivity index (χ1n) is 6.63. The van der Waals surface area contributed by atoms with Crippen LogP contribution in [0.5, 0.6) is 0 Å². The van der Waals surface area contributed by atoms with Crippen LogP contribution in [0.3, 0.4) is 0 Å². The Balaban J connectivity index is 1.63. The third kappa shape index (κ3) is 2.76. The van der Waals surface area contributed by atoms with E-state index in [1.807, 2.05) is 6.20 Å². The van der Waals surface area contributed by atoms with E-state index < -0.39 is 0 Å². The topological polar surface area (TPSA) is 75.0 Å². The zero-order valence-corrected chi connectivity index (χ0v) is 10.8. The Kier molecular flexibility index (Phi) is 3.21. The predicted octanol–water partition coefficient (Wildman–Crippen LogP) is 1.26.